The molecule has 0 unspecified atom stereocenters. The Kier molecular flexibility index (Phi) is 6.90. The Morgan fingerprint density at radius 1 is 1.17 bits per heavy atom. The molecule has 1 saturated carbocycles. The van der Waals surface area contributed by atoms with Gasteiger partial charge in [-0.3, -0.25) is 14.4 Å². The fourth-order valence-corrected chi connectivity index (χ4v) is 5.30. The van der Waals surface area contributed by atoms with E-state index in [2.05, 4.69) is 5.32 Å². The van der Waals surface area contributed by atoms with Crippen molar-refractivity contribution in [3.63, 3.8) is 0 Å². The summed E-state index contributed by atoms with van der Waals surface area (Å²) in [6.45, 7) is 6.63. The number of nitrogens with zero attached hydrogens (tertiary/aromatic N) is 2. The first kappa shape index (κ1) is 25.2. The van der Waals surface area contributed by atoms with Gasteiger partial charge in [0.1, 0.15) is 17.7 Å². The number of amides is 3. The minimum atomic E-state index is -0.916. The number of piperazine rings is 1. The molecule has 1 aliphatic carbocycles. The molecule has 3 amide bonds. The van der Waals surface area contributed by atoms with Crippen LogP contribution in [0.4, 0.5) is 0 Å². The normalized spacial score (nSPS) is 24.4. The van der Waals surface area contributed by atoms with E-state index in [1.807, 2.05) is 30.3 Å². The van der Waals surface area contributed by atoms with Gasteiger partial charge in [-0.25, -0.2) is 4.79 Å². The number of esters is 1. The molecule has 2 aliphatic heterocycles. The van der Waals surface area contributed by atoms with E-state index in [0.717, 1.165) is 18.4 Å². The predicted octanol–water partition coefficient (Wildman–Crippen LogP) is 0.996. The van der Waals surface area contributed by atoms with Crippen LogP contribution < -0.4 is 11.1 Å². The van der Waals surface area contributed by atoms with Crippen molar-refractivity contribution in [1.82, 2.24) is 15.1 Å². The molecule has 4 rings (SSSR count). The van der Waals surface area contributed by atoms with Crippen LogP contribution in [-0.2, 0) is 30.3 Å². The highest BCUT2D eigenvalue weighted by molar-refractivity contribution is 5.96. The van der Waals surface area contributed by atoms with E-state index >= 15 is 0 Å². The maximum Gasteiger partial charge on any atom is 0.329 e. The van der Waals surface area contributed by atoms with Gasteiger partial charge < -0.3 is 25.6 Å². The summed E-state index contributed by atoms with van der Waals surface area (Å²) < 4.78 is 5.65. The Balaban J connectivity index is 1.65. The number of rotatable bonds is 7. The molecule has 3 fully saturated rings. The number of primary amides is 1. The molecule has 3 aliphatic rings. The number of benzene rings is 1. The predicted molar refractivity (Wildman–Crippen MR) is 129 cm³/mol. The third-order valence-corrected chi connectivity index (χ3v) is 7.09. The molecule has 190 valence electrons. The van der Waals surface area contributed by atoms with E-state index in [1.165, 1.54) is 4.90 Å². The molecule has 1 aromatic rings. The molecule has 1 spiro atoms. The molecular formula is C26H36N4O5. The second-order valence-corrected chi connectivity index (χ2v) is 10.9. The minimum Gasteiger partial charge on any atom is -0.458 e. The Bertz CT molecular complexity index is 985. The zero-order chi connectivity index (χ0) is 25.4. The summed E-state index contributed by atoms with van der Waals surface area (Å²) in [5.41, 5.74) is 5.09. The van der Waals surface area contributed by atoms with Gasteiger partial charge in [0.25, 0.3) is 0 Å². The quantitative estimate of drug-likeness (QED) is 0.557. The molecule has 0 bridgehead atoms. The highest BCUT2D eigenvalue weighted by atomic mass is 16.6. The zero-order valence-corrected chi connectivity index (χ0v) is 20.8. The van der Waals surface area contributed by atoms with Gasteiger partial charge in [-0.05, 0) is 45.6 Å². The standard InChI is InChI=1S/C26H36N4O5/c1-25(2,3)35-23(33)21-18(16-20(27)31)9-13-30(21)22(32)19(15-17-7-5-4-6-8-17)29-14-12-28-26(10-11-26)24(29)34/h4-8,18-19,21,28H,9-16H2,1-3H3,(H2,27,31)/t18-,19+,21+/m1/s1. The van der Waals surface area contributed by atoms with Gasteiger partial charge in [-0.15, -0.1) is 0 Å². The molecule has 1 aromatic carbocycles. The van der Waals surface area contributed by atoms with Gasteiger partial charge in [0.15, 0.2) is 0 Å². The van der Waals surface area contributed by atoms with Gasteiger partial charge in [-0.2, -0.15) is 0 Å². The summed E-state index contributed by atoms with van der Waals surface area (Å²) in [5.74, 6) is -1.83. The monoisotopic (exact) mass is 484 g/mol. The maximum atomic E-state index is 14.1. The first-order valence-electron chi connectivity index (χ1n) is 12.4. The third-order valence-electron chi connectivity index (χ3n) is 7.09. The smallest absolute Gasteiger partial charge is 0.329 e. The van der Waals surface area contributed by atoms with Crippen LogP contribution >= 0.6 is 0 Å². The molecule has 2 heterocycles. The average Bonchev–Trinajstić information content (AvgIpc) is 3.44. The zero-order valence-electron chi connectivity index (χ0n) is 20.8. The summed E-state index contributed by atoms with van der Waals surface area (Å²) in [6.07, 6.45) is 2.33. The Morgan fingerprint density at radius 2 is 1.86 bits per heavy atom. The van der Waals surface area contributed by atoms with E-state index in [-0.39, 0.29) is 18.2 Å². The van der Waals surface area contributed by atoms with Gasteiger partial charge in [-0.1, -0.05) is 30.3 Å². The van der Waals surface area contributed by atoms with Crippen molar-refractivity contribution >= 4 is 23.7 Å². The van der Waals surface area contributed by atoms with Crippen molar-refractivity contribution in [3.8, 4) is 0 Å². The van der Waals surface area contributed by atoms with Crippen LogP contribution in [0.25, 0.3) is 0 Å². The molecule has 3 atom stereocenters. The number of carbonyl (C=O) groups excluding carboxylic acids is 4. The molecule has 0 aromatic heterocycles. The first-order chi connectivity index (χ1) is 16.5. The van der Waals surface area contributed by atoms with E-state index in [1.54, 1.807) is 25.7 Å². The fraction of sp³-hybridized carbons (Fsp3) is 0.615. The van der Waals surface area contributed by atoms with Crippen molar-refractivity contribution in [1.29, 1.82) is 0 Å². The summed E-state index contributed by atoms with van der Waals surface area (Å²) >= 11 is 0. The second-order valence-electron chi connectivity index (χ2n) is 10.9. The number of ether oxygens (including phenoxy) is 1. The summed E-state index contributed by atoms with van der Waals surface area (Å²) in [7, 11) is 0. The Labute approximate surface area is 206 Å². The van der Waals surface area contributed by atoms with E-state index in [0.29, 0.717) is 32.5 Å². The van der Waals surface area contributed by atoms with Gasteiger partial charge >= 0.3 is 5.97 Å². The van der Waals surface area contributed by atoms with Crippen LogP contribution in [0, 0.1) is 5.92 Å². The van der Waals surface area contributed by atoms with Gasteiger partial charge in [0, 0.05) is 38.4 Å². The lowest BCUT2D eigenvalue weighted by Crippen LogP contribution is -2.64. The summed E-state index contributed by atoms with van der Waals surface area (Å²) in [5, 5.41) is 3.32. The number of hydrogen-bond donors (Lipinski definition) is 2. The fourth-order valence-electron chi connectivity index (χ4n) is 5.30. The molecule has 9 heteroatoms. The molecule has 9 nitrogen and oxygen atoms in total. The van der Waals surface area contributed by atoms with Gasteiger partial charge in [0.05, 0.1) is 5.54 Å². The lowest BCUT2D eigenvalue weighted by atomic mass is 9.95. The SMILES string of the molecule is CC(C)(C)OC(=O)[C@@H]1[C@@H](CC(N)=O)CCN1C(=O)[C@H](Cc1ccccc1)N1CCNC2(CC2)C1=O. The molecule has 3 N–H and O–H groups in total. The number of likely N-dealkylation sites (tertiary alicyclic amines) is 1. The third kappa shape index (κ3) is 5.50. The lowest BCUT2D eigenvalue weighted by molar-refractivity contribution is -0.166. The van der Waals surface area contributed by atoms with E-state index in [9.17, 15) is 19.2 Å². The molecule has 35 heavy (non-hydrogen) atoms. The van der Waals surface area contributed by atoms with E-state index < -0.39 is 41.0 Å². The van der Waals surface area contributed by atoms with Crippen LogP contribution in [0.5, 0.6) is 0 Å². The Morgan fingerprint density at radius 3 is 2.46 bits per heavy atom. The molecule has 0 radical (unpaired) electrons. The Hall–Kier alpha value is -2.94. The van der Waals surface area contributed by atoms with Crippen molar-refractivity contribution < 1.29 is 23.9 Å². The van der Waals surface area contributed by atoms with Crippen LogP contribution in [0.15, 0.2) is 30.3 Å². The minimum absolute atomic E-state index is 0.00722. The van der Waals surface area contributed by atoms with Crippen LogP contribution in [0.2, 0.25) is 0 Å². The maximum absolute atomic E-state index is 14.1. The molecular weight excluding hydrogens is 448 g/mol. The number of hydrogen-bond acceptors (Lipinski definition) is 6. The van der Waals surface area contributed by atoms with E-state index in [4.69, 9.17) is 10.5 Å². The number of carbonyl (C=O) groups is 4. The number of nitrogens with two attached hydrogens (primary N) is 1. The average molecular weight is 485 g/mol. The summed E-state index contributed by atoms with van der Waals surface area (Å²) in [6, 6.07) is 7.92. The van der Waals surface area contributed by atoms with Crippen molar-refractivity contribution in [2.45, 2.75) is 76.1 Å². The van der Waals surface area contributed by atoms with Crippen LogP contribution in [0.1, 0.15) is 52.0 Å². The van der Waals surface area contributed by atoms with Crippen molar-refractivity contribution in [3.05, 3.63) is 35.9 Å². The lowest BCUT2D eigenvalue weighted by Gasteiger charge is -2.40. The molecule has 2 saturated heterocycles. The van der Waals surface area contributed by atoms with Gasteiger partial charge in [0.2, 0.25) is 17.7 Å². The number of nitrogens with one attached hydrogen (secondary N) is 1. The van der Waals surface area contributed by atoms with Crippen molar-refractivity contribution in [2.75, 3.05) is 19.6 Å². The van der Waals surface area contributed by atoms with Crippen LogP contribution in [-0.4, -0.2) is 76.3 Å². The second kappa shape index (κ2) is 9.60. The largest absolute Gasteiger partial charge is 0.458 e. The summed E-state index contributed by atoms with van der Waals surface area (Å²) in [4.78, 5) is 55.7. The highest BCUT2D eigenvalue weighted by Gasteiger charge is 2.56. The topological polar surface area (TPSA) is 122 Å². The van der Waals surface area contributed by atoms with Crippen molar-refractivity contribution in [2.24, 2.45) is 11.7 Å². The first-order valence-corrected chi connectivity index (χ1v) is 12.4. The highest BCUT2D eigenvalue weighted by Crippen LogP contribution is 2.40. The van der Waals surface area contributed by atoms with Crippen LogP contribution in [0.3, 0.4) is 0 Å².